The molecule has 0 amide bonds. The molecule has 43 heavy (non-hydrogen) atoms. The van der Waals surface area contributed by atoms with Crippen molar-refractivity contribution in [1.29, 1.82) is 0 Å². The van der Waals surface area contributed by atoms with Crippen molar-refractivity contribution in [2.45, 2.75) is 10.3 Å². The molecule has 0 heterocycles. The first-order valence-corrected chi connectivity index (χ1v) is 16.3. The zero-order chi connectivity index (χ0) is 30.0. The summed E-state index contributed by atoms with van der Waals surface area (Å²) in [7, 11) is -10.2. The van der Waals surface area contributed by atoms with E-state index in [0.29, 0.717) is 27.6 Å². The standard InChI is InChI=1S/C35H26O6S2/c36-42(37,38)35(30-21-20-26-14-10-11-19-29(26)22-30)41-43(39,40)34-32(27-15-6-2-7-16-27)23-31(25-12-4-1-5-13-25)24-33(34)28-17-8-3-9-18-28/h1-24,35H,(H,36,37,38)/p-1. The average molecular weight is 606 g/mol. The molecule has 8 heteroatoms. The fourth-order valence-corrected chi connectivity index (χ4v) is 7.65. The third-order valence-corrected chi connectivity index (χ3v) is 9.54. The Balaban J connectivity index is 1.60. The van der Waals surface area contributed by atoms with E-state index in [-0.39, 0.29) is 10.5 Å². The number of rotatable bonds is 8. The highest BCUT2D eigenvalue weighted by atomic mass is 32.2. The van der Waals surface area contributed by atoms with Gasteiger partial charge in [0.2, 0.25) is 0 Å². The summed E-state index contributed by atoms with van der Waals surface area (Å²) >= 11 is 0. The second-order valence-corrected chi connectivity index (χ2v) is 12.9. The van der Waals surface area contributed by atoms with E-state index in [0.717, 1.165) is 16.5 Å². The molecule has 0 radical (unpaired) electrons. The predicted molar refractivity (Wildman–Crippen MR) is 167 cm³/mol. The van der Waals surface area contributed by atoms with Gasteiger partial charge in [-0.05, 0) is 56.8 Å². The van der Waals surface area contributed by atoms with Gasteiger partial charge in [-0.3, -0.25) is 0 Å². The van der Waals surface area contributed by atoms with Gasteiger partial charge in [0.05, 0.1) is 0 Å². The van der Waals surface area contributed by atoms with Gasteiger partial charge in [0.1, 0.15) is 15.0 Å². The van der Waals surface area contributed by atoms with E-state index in [1.165, 1.54) is 12.1 Å². The molecule has 0 fully saturated rings. The van der Waals surface area contributed by atoms with Crippen LogP contribution in [0.25, 0.3) is 44.2 Å². The second kappa shape index (κ2) is 11.6. The first-order chi connectivity index (χ1) is 20.7. The van der Waals surface area contributed by atoms with Crippen LogP contribution in [-0.2, 0) is 24.4 Å². The fraction of sp³-hybridized carbons (Fsp3) is 0.0286. The predicted octanol–water partition coefficient (Wildman–Crippen LogP) is 7.79. The lowest BCUT2D eigenvalue weighted by Crippen LogP contribution is -2.21. The lowest BCUT2D eigenvalue weighted by Gasteiger charge is -2.24. The molecule has 1 atom stereocenters. The van der Waals surface area contributed by atoms with Crippen molar-refractivity contribution in [3.05, 3.63) is 151 Å². The number of hydrogen-bond donors (Lipinski definition) is 0. The SMILES string of the molecule is O=S(=O)(OC(c1ccc2ccccc2c1)S(=O)(=O)[O-])c1c(-c2ccccc2)cc(-c2ccccc2)cc1-c1ccccc1. The molecule has 0 aliphatic carbocycles. The van der Waals surface area contributed by atoms with Gasteiger partial charge in [0.15, 0.2) is 5.44 Å². The summed E-state index contributed by atoms with van der Waals surface area (Å²) < 4.78 is 71.9. The smallest absolute Gasteiger partial charge is 0.299 e. The van der Waals surface area contributed by atoms with Crippen LogP contribution in [-0.4, -0.2) is 21.4 Å². The van der Waals surface area contributed by atoms with Gasteiger partial charge in [-0.25, -0.2) is 12.6 Å². The van der Waals surface area contributed by atoms with Crippen LogP contribution in [0, 0.1) is 0 Å². The van der Waals surface area contributed by atoms with Gasteiger partial charge in [-0.1, -0.05) is 127 Å². The third-order valence-electron chi connectivity index (χ3n) is 7.14. The van der Waals surface area contributed by atoms with Crippen LogP contribution in [0.2, 0.25) is 0 Å². The van der Waals surface area contributed by atoms with Crippen LogP contribution in [0.1, 0.15) is 11.0 Å². The fourth-order valence-electron chi connectivity index (χ4n) is 5.15. The molecule has 0 spiro atoms. The van der Waals surface area contributed by atoms with Crippen molar-refractivity contribution in [3.8, 4) is 33.4 Å². The number of benzene rings is 6. The minimum absolute atomic E-state index is 0.0827. The van der Waals surface area contributed by atoms with Crippen molar-refractivity contribution in [2.24, 2.45) is 0 Å². The van der Waals surface area contributed by atoms with E-state index in [1.807, 2.05) is 54.6 Å². The molecule has 6 rings (SSSR count). The Labute approximate surface area is 250 Å². The molecule has 6 aromatic carbocycles. The lowest BCUT2D eigenvalue weighted by atomic mass is 9.93. The molecule has 6 nitrogen and oxygen atoms in total. The molecule has 0 bridgehead atoms. The van der Waals surface area contributed by atoms with Crippen LogP contribution in [0.3, 0.4) is 0 Å². The van der Waals surface area contributed by atoms with Crippen LogP contribution in [0.15, 0.2) is 150 Å². The second-order valence-electron chi connectivity index (χ2n) is 9.98. The van der Waals surface area contributed by atoms with Gasteiger partial charge in [-0.15, -0.1) is 0 Å². The largest absolute Gasteiger partial charge is 0.746 e. The maximum atomic E-state index is 14.3. The monoisotopic (exact) mass is 605 g/mol. The highest BCUT2D eigenvalue weighted by Gasteiger charge is 2.33. The molecular formula is C35H25O6S2-. The highest BCUT2D eigenvalue weighted by Crippen LogP contribution is 2.42. The quantitative estimate of drug-likeness (QED) is 0.130. The average Bonchev–Trinajstić information content (AvgIpc) is 3.03. The van der Waals surface area contributed by atoms with Crippen LogP contribution < -0.4 is 0 Å². The molecule has 0 N–H and O–H groups in total. The summed E-state index contributed by atoms with van der Waals surface area (Å²) in [6.45, 7) is 0. The minimum atomic E-state index is -5.29. The minimum Gasteiger partial charge on any atom is -0.746 e. The first kappa shape index (κ1) is 28.5. The van der Waals surface area contributed by atoms with Crippen molar-refractivity contribution >= 4 is 31.0 Å². The van der Waals surface area contributed by atoms with Gasteiger partial charge in [-0.2, -0.15) is 8.42 Å². The van der Waals surface area contributed by atoms with E-state index in [4.69, 9.17) is 4.18 Å². The van der Waals surface area contributed by atoms with Crippen molar-refractivity contribution in [3.63, 3.8) is 0 Å². The maximum absolute atomic E-state index is 14.3. The van der Waals surface area contributed by atoms with E-state index >= 15 is 0 Å². The summed E-state index contributed by atoms with van der Waals surface area (Å²) in [5.74, 6) is 0. The van der Waals surface area contributed by atoms with E-state index in [1.54, 1.807) is 78.9 Å². The van der Waals surface area contributed by atoms with Gasteiger partial charge >= 0.3 is 0 Å². The van der Waals surface area contributed by atoms with Crippen LogP contribution >= 0.6 is 0 Å². The zero-order valence-corrected chi connectivity index (χ0v) is 24.3. The van der Waals surface area contributed by atoms with Crippen LogP contribution in [0.5, 0.6) is 0 Å². The highest BCUT2D eigenvalue weighted by molar-refractivity contribution is 7.89. The third kappa shape index (κ3) is 6.00. The van der Waals surface area contributed by atoms with Crippen molar-refractivity contribution < 1.29 is 25.6 Å². The topological polar surface area (TPSA) is 101 Å². The summed E-state index contributed by atoms with van der Waals surface area (Å²) in [5.41, 5.74) is 0.989. The molecule has 0 aliphatic heterocycles. The Hall–Kier alpha value is -4.60. The van der Waals surface area contributed by atoms with E-state index in [2.05, 4.69) is 0 Å². The Kier molecular flexibility index (Phi) is 7.68. The molecule has 0 aromatic heterocycles. The Morgan fingerprint density at radius 1 is 0.488 bits per heavy atom. The van der Waals surface area contributed by atoms with Crippen molar-refractivity contribution in [1.82, 2.24) is 0 Å². The normalized spacial score (nSPS) is 12.7. The Morgan fingerprint density at radius 3 is 1.47 bits per heavy atom. The van der Waals surface area contributed by atoms with E-state index in [9.17, 15) is 21.4 Å². The molecule has 0 saturated carbocycles. The summed E-state index contributed by atoms with van der Waals surface area (Å²) in [6.07, 6.45) is 0. The van der Waals surface area contributed by atoms with E-state index < -0.39 is 25.7 Å². The number of fused-ring (bicyclic) bond motifs is 1. The van der Waals surface area contributed by atoms with Gasteiger partial charge in [0, 0.05) is 11.1 Å². The molecule has 1 unspecified atom stereocenters. The summed E-state index contributed by atoms with van der Waals surface area (Å²) in [5, 5.41) is 1.43. The summed E-state index contributed by atoms with van der Waals surface area (Å²) in [4.78, 5) is -0.237. The van der Waals surface area contributed by atoms with Gasteiger partial charge in [0.25, 0.3) is 10.1 Å². The van der Waals surface area contributed by atoms with Crippen molar-refractivity contribution in [2.75, 3.05) is 0 Å². The van der Waals surface area contributed by atoms with Crippen LogP contribution in [0.4, 0.5) is 0 Å². The molecule has 6 aromatic rings. The molecule has 0 aliphatic rings. The zero-order valence-electron chi connectivity index (χ0n) is 22.7. The van der Waals surface area contributed by atoms with Gasteiger partial charge < -0.3 is 4.55 Å². The number of hydrogen-bond acceptors (Lipinski definition) is 6. The first-order valence-electron chi connectivity index (χ1n) is 13.4. The molecular weight excluding hydrogens is 581 g/mol. The molecule has 0 saturated heterocycles. The summed E-state index contributed by atoms with van der Waals surface area (Å²) in [6, 6.07) is 42.4. The lowest BCUT2D eigenvalue weighted by molar-refractivity contribution is 0.264. The molecule has 214 valence electrons. The Bertz CT molecular complexity index is 2070. The Morgan fingerprint density at radius 2 is 0.953 bits per heavy atom. The maximum Gasteiger partial charge on any atom is 0.299 e.